The van der Waals surface area contributed by atoms with Gasteiger partial charge >= 0.3 is 6.03 Å². The maximum absolute atomic E-state index is 12.4. The number of amides is 2. The molecule has 0 aliphatic carbocycles. The van der Waals surface area contributed by atoms with Crippen molar-refractivity contribution in [1.82, 2.24) is 19.8 Å². The Kier molecular flexibility index (Phi) is 5.80. The van der Waals surface area contributed by atoms with E-state index in [4.69, 9.17) is 16.3 Å². The van der Waals surface area contributed by atoms with Crippen LogP contribution in [0.5, 0.6) is 0 Å². The van der Waals surface area contributed by atoms with E-state index in [-0.39, 0.29) is 18.2 Å². The summed E-state index contributed by atoms with van der Waals surface area (Å²) in [5.41, 5.74) is 1.43. The minimum atomic E-state index is -0.269. The zero-order valence-electron chi connectivity index (χ0n) is 15.1. The van der Waals surface area contributed by atoms with E-state index in [1.54, 1.807) is 25.7 Å². The van der Waals surface area contributed by atoms with Crippen LogP contribution in [0.1, 0.15) is 13.8 Å². The minimum Gasteiger partial charge on any atom is -0.378 e. The van der Waals surface area contributed by atoms with Crippen molar-refractivity contribution in [3.8, 4) is 5.69 Å². The summed E-state index contributed by atoms with van der Waals surface area (Å²) in [7, 11) is 1.68. The maximum atomic E-state index is 12.4. The maximum Gasteiger partial charge on any atom is 0.319 e. The van der Waals surface area contributed by atoms with Crippen LogP contribution in [0.2, 0.25) is 5.02 Å². The Hall–Kier alpha value is -2.09. The summed E-state index contributed by atoms with van der Waals surface area (Å²) in [5, 5.41) is 6.37. The topological polar surface area (TPSA) is 71.4 Å². The molecule has 2 heterocycles. The van der Waals surface area contributed by atoms with Gasteiger partial charge in [0.25, 0.3) is 0 Å². The number of likely N-dealkylation sites (tertiary alicyclic amines) is 1. The first-order valence-electron chi connectivity index (χ1n) is 8.60. The molecule has 1 aromatic carbocycles. The smallest absolute Gasteiger partial charge is 0.319 e. The van der Waals surface area contributed by atoms with Crippen molar-refractivity contribution < 1.29 is 9.53 Å². The van der Waals surface area contributed by atoms with Crippen molar-refractivity contribution >= 4 is 23.3 Å². The first kappa shape index (κ1) is 18.7. The summed E-state index contributed by atoms with van der Waals surface area (Å²) in [4.78, 5) is 18.7. The van der Waals surface area contributed by atoms with Crippen molar-refractivity contribution in [3.63, 3.8) is 0 Å². The molecule has 140 valence electrons. The summed E-state index contributed by atoms with van der Waals surface area (Å²) in [5.74, 6) is 0. The molecule has 0 saturated carbocycles. The summed E-state index contributed by atoms with van der Waals surface area (Å²) in [6.07, 6.45) is 5.15. The van der Waals surface area contributed by atoms with Crippen LogP contribution >= 0.6 is 11.6 Å². The molecule has 3 rings (SSSR count). The molecule has 1 aliphatic heterocycles. The predicted molar refractivity (Wildman–Crippen MR) is 102 cm³/mol. The Labute approximate surface area is 158 Å². The number of carbonyl (C=O) groups is 1. The fourth-order valence-electron chi connectivity index (χ4n) is 3.13. The highest BCUT2D eigenvalue weighted by molar-refractivity contribution is 6.32. The third-order valence-corrected chi connectivity index (χ3v) is 4.93. The molecule has 1 saturated heterocycles. The fraction of sp³-hybridized carbons (Fsp3) is 0.444. The molecule has 8 heteroatoms. The number of rotatable bonds is 5. The van der Waals surface area contributed by atoms with Gasteiger partial charge in [-0.25, -0.2) is 9.78 Å². The van der Waals surface area contributed by atoms with Crippen molar-refractivity contribution in [3.05, 3.63) is 41.9 Å². The van der Waals surface area contributed by atoms with E-state index in [1.165, 1.54) is 0 Å². The zero-order valence-corrected chi connectivity index (χ0v) is 15.9. The second kappa shape index (κ2) is 8.07. The molecule has 0 unspecified atom stereocenters. The number of carbonyl (C=O) groups excluding carboxylic acids is 1. The van der Waals surface area contributed by atoms with Gasteiger partial charge in [0.2, 0.25) is 0 Å². The van der Waals surface area contributed by atoms with Crippen LogP contribution < -0.4 is 10.6 Å². The van der Waals surface area contributed by atoms with Gasteiger partial charge in [-0.15, -0.1) is 0 Å². The lowest BCUT2D eigenvalue weighted by Crippen LogP contribution is -2.45. The van der Waals surface area contributed by atoms with Crippen LogP contribution in [-0.2, 0) is 4.74 Å². The van der Waals surface area contributed by atoms with Crippen LogP contribution in [-0.4, -0.2) is 58.9 Å². The number of imidazole rings is 1. The second-order valence-corrected chi connectivity index (χ2v) is 7.07. The van der Waals surface area contributed by atoms with Gasteiger partial charge in [-0.2, -0.15) is 0 Å². The van der Waals surface area contributed by atoms with Crippen molar-refractivity contribution in [1.29, 1.82) is 0 Å². The number of hydrogen-bond acceptors (Lipinski definition) is 4. The molecule has 2 amide bonds. The van der Waals surface area contributed by atoms with Gasteiger partial charge in [-0.1, -0.05) is 11.6 Å². The third-order valence-electron chi connectivity index (χ3n) is 4.63. The van der Waals surface area contributed by atoms with Crippen LogP contribution in [0.25, 0.3) is 5.69 Å². The highest BCUT2D eigenvalue weighted by Gasteiger charge is 2.34. The van der Waals surface area contributed by atoms with Crippen LogP contribution in [0.15, 0.2) is 36.9 Å². The molecule has 0 spiro atoms. The van der Waals surface area contributed by atoms with Gasteiger partial charge in [0.15, 0.2) is 0 Å². The number of ether oxygens (including phenoxy) is 1. The third kappa shape index (κ3) is 4.17. The molecule has 0 radical (unpaired) electrons. The summed E-state index contributed by atoms with van der Waals surface area (Å²) in [6.45, 7) is 5.85. The standard InChI is InChI=1S/C18H24ClN5O2/c1-12(2)24-9-15(17(10-24)26-3)22-18(25)21-13-4-5-16(14(19)8-13)23-7-6-20-11-23/h4-8,11-12,15,17H,9-10H2,1-3H3,(H2,21,22,25)/t15-,17-/m0/s1. The van der Waals surface area contributed by atoms with E-state index in [0.29, 0.717) is 16.8 Å². The van der Waals surface area contributed by atoms with E-state index >= 15 is 0 Å². The first-order valence-corrected chi connectivity index (χ1v) is 8.98. The van der Waals surface area contributed by atoms with E-state index in [2.05, 4.69) is 34.4 Å². The molecule has 26 heavy (non-hydrogen) atoms. The molecule has 0 bridgehead atoms. The molecular weight excluding hydrogens is 354 g/mol. The van der Waals surface area contributed by atoms with Gasteiger partial charge in [-0.05, 0) is 32.0 Å². The molecule has 2 atom stereocenters. The van der Waals surface area contributed by atoms with Gasteiger partial charge in [0, 0.05) is 44.3 Å². The Morgan fingerprint density at radius 1 is 1.38 bits per heavy atom. The lowest BCUT2D eigenvalue weighted by atomic mass is 10.2. The van der Waals surface area contributed by atoms with E-state index in [9.17, 15) is 4.79 Å². The number of urea groups is 1. The number of benzene rings is 1. The van der Waals surface area contributed by atoms with Gasteiger partial charge in [0.1, 0.15) is 0 Å². The Balaban J connectivity index is 1.62. The largest absolute Gasteiger partial charge is 0.378 e. The molecular formula is C18H24ClN5O2. The molecule has 1 aliphatic rings. The van der Waals surface area contributed by atoms with Crippen LogP contribution in [0.3, 0.4) is 0 Å². The summed E-state index contributed by atoms with van der Waals surface area (Å²) >= 11 is 6.33. The lowest BCUT2D eigenvalue weighted by molar-refractivity contribution is 0.0896. The fourth-order valence-corrected chi connectivity index (χ4v) is 3.41. The number of nitrogens with zero attached hydrogens (tertiary/aromatic N) is 3. The highest BCUT2D eigenvalue weighted by atomic mass is 35.5. The van der Waals surface area contributed by atoms with Gasteiger partial charge < -0.3 is 19.9 Å². The zero-order chi connectivity index (χ0) is 18.7. The minimum absolute atomic E-state index is 0.0182. The number of anilines is 1. The highest BCUT2D eigenvalue weighted by Crippen LogP contribution is 2.24. The SMILES string of the molecule is CO[C@H]1CN(C(C)C)C[C@@H]1NC(=O)Nc1ccc(-n2ccnc2)c(Cl)c1. The summed E-state index contributed by atoms with van der Waals surface area (Å²) < 4.78 is 7.33. The Morgan fingerprint density at radius 3 is 2.81 bits per heavy atom. The molecule has 2 aromatic rings. The van der Waals surface area contributed by atoms with Crippen LogP contribution in [0.4, 0.5) is 10.5 Å². The molecule has 7 nitrogen and oxygen atoms in total. The number of nitrogens with one attached hydrogen (secondary N) is 2. The average Bonchev–Trinajstić information content (AvgIpc) is 3.24. The number of halogens is 1. The number of hydrogen-bond donors (Lipinski definition) is 2. The lowest BCUT2D eigenvalue weighted by Gasteiger charge is -2.20. The van der Waals surface area contributed by atoms with Crippen molar-refractivity contribution in [2.45, 2.75) is 32.0 Å². The normalized spacial score (nSPS) is 20.5. The molecule has 1 fully saturated rings. The summed E-state index contributed by atoms with van der Waals surface area (Å²) in [6, 6.07) is 5.46. The van der Waals surface area contributed by atoms with Gasteiger partial charge in [-0.3, -0.25) is 4.90 Å². The molecule has 2 N–H and O–H groups in total. The monoisotopic (exact) mass is 377 g/mol. The molecule has 1 aromatic heterocycles. The quantitative estimate of drug-likeness (QED) is 0.840. The van der Waals surface area contributed by atoms with E-state index < -0.39 is 0 Å². The van der Waals surface area contributed by atoms with Crippen molar-refractivity contribution in [2.75, 3.05) is 25.5 Å². The first-order chi connectivity index (χ1) is 12.5. The van der Waals surface area contributed by atoms with Gasteiger partial charge in [0.05, 0.1) is 29.2 Å². The second-order valence-electron chi connectivity index (χ2n) is 6.66. The number of methoxy groups -OCH3 is 1. The van der Waals surface area contributed by atoms with Crippen molar-refractivity contribution in [2.24, 2.45) is 0 Å². The average molecular weight is 378 g/mol. The van der Waals surface area contributed by atoms with E-state index in [0.717, 1.165) is 18.8 Å². The van der Waals surface area contributed by atoms with E-state index in [1.807, 2.05) is 22.9 Å². The Morgan fingerprint density at radius 2 is 2.19 bits per heavy atom. The van der Waals surface area contributed by atoms with Crippen LogP contribution in [0, 0.1) is 0 Å². The predicted octanol–water partition coefficient (Wildman–Crippen LogP) is 2.75. The number of aromatic nitrogens is 2. The Bertz CT molecular complexity index is 750.